The molecule has 3 aromatic rings. The van der Waals surface area contributed by atoms with Gasteiger partial charge in [-0.15, -0.1) is 0 Å². The topological polar surface area (TPSA) is 77.5 Å². The summed E-state index contributed by atoms with van der Waals surface area (Å²) < 4.78 is 0. The molecule has 6 heteroatoms. The average molecular weight is 433 g/mol. The Morgan fingerprint density at radius 3 is 2.59 bits per heavy atom. The summed E-state index contributed by atoms with van der Waals surface area (Å²) in [5.74, 6) is 0. The smallest absolute Gasteiger partial charge is 0.319 e. The molecule has 0 radical (unpaired) electrons. The van der Waals surface area contributed by atoms with Crippen molar-refractivity contribution in [1.82, 2.24) is 15.2 Å². The molecule has 0 spiro atoms. The van der Waals surface area contributed by atoms with Crippen molar-refractivity contribution in [3.63, 3.8) is 0 Å². The third-order valence-corrected chi connectivity index (χ3v) is 6.31. The number of benzene rings is 2. The number of aliphatic hydroxyl groups is 1. The second-order valence-corrected chi connectivity index (χ2v) is 8.76. The summed E-state index contributed by atoms with van der Waals surface area (Å²) in [5, 5.41) is 17.8. The number of pyridine rings is 1. The Morgan fingerprint density at radius 2 is 1.81 bits per heavy atom. The number of piperidine rings is 1. The molecule has 32 heavy (non-hydrogen) atoms. The van der Waals surface area contributed by atoms with E-state index in [0.29, 0.717) is 6.54 Å². The highest BCUT2D eigenvalue weighted by atomic mass is 16.3. The molecule has 0 atom stereocenters. The van der Waals surface area contributed by atoms with Gasteiger partial charge in [-0.05, 0) is 50.3 Å². The highest BCUT2D eigenvalue weighted by Gasteiger charge is 2.31. The lowest BCUT2D eigenvalue weighted by Crippen LogP contribution is -2.47. The molecule has 0 unspecified atom stereocenters. The number of carbonyl (C=O) groups excluding carboxylic acids is 1. The van der Waals surface area contributed by atoms with Crippen molar-refractivity contribution in [3.05, 3.63) is 71.9 Å². The van der Waals surface area contributed by atoms with Crippen molar-refractivity contribution in [3.8, 4) is 0 Å². The molecule has 2 heterocycles. The van der Waals surface area contributed by atoms with Gasteiger partial charge in [-0.1, -0.05) is 48.5 Å². The van der Waals surface area contributed by atoms with Gasteiger partial charge >= 0.3 is 6.03 Å². The lowest BCUT2D eigenvalue weighted by atomic mass is 9.86. The minimum atomic E-state index is -0.586. The maximum Gasteiger partial charge on any atom is 0.319 e. The highest BCUT2D eigenvalue weighted by Crippen LogP contribution is 2.27. The largest absolute Gasteiger partial charge is 0.390 e. The van der Waals surface area contributed by atoms with E-state index in [9.17, 15) is 9.90 Å². The Kier molecular flexibility index (Phi) is 7.02. The van der Waals surface area contributed by atoms with E-state index in [-0.39, 0.29) is 6.03 Å². The van der Waals surface area contributed by atoms with Gasteiger partial charge in [-0.3, -0.25) is 4.98 Å². The summed E-state index contributed by atoms with van der Waals surface area (Å²) in [6.45, 7) is 4.97. The van der Waals surface area contributed by atoms with Crippen LogP contribution in [-0.2, 0) is 6.42 Å². The second-order valence-electron chi connectivity index (χ2n) is 8.76. The van der Waals surface area contributed by atoms with Crippen LogP contribution in [0, 0.1) is 6.92 Å². The van der Waals surface area contributed by atoms with Crippen LogP contribution in [0.3, 0.4) is 0 Å². The Morgan fingerprint density at radius 1 is 1.09 bits per heavy atom. The minimum Gasteiger partial charge on any atom is -0.390 e. The van der Waals surface area contributed by atoms with Crippen LogP contribution in [0.1, 0.15) is 30.5 Å². The predicted octanol–water partition coefficient (Wildman–Crippen LogP) is 4.12. The summed E-state index contributed by atoms with van der Waals surface area (Å²) in [7, 11) is 0. The van der Waals surface area contributed by atoms with E-state index in [1.807, 2.05) is 55.5 Å². The van der Waals surface area contributed by atoms with E-state index in [2.05, 4.69) is 32.7 Å². The molecule has 1 saturated heterocycles. The predicted molar refractivity (Wildman–Crippen MR) is 129 cm³/mol. The summed E-state index contributed by atoms with van der Waals surface area (Å²) in [4.78, 5) is 19.2. The quantitative estimate of drug-likeness (QED) is 0.525. The molecule has 0 saturated carbocycles. The van der Waals surface area contributed by atoms with Gasteiger partial charge in [0.1, 0.15) is 0 Å². The molecule has 1 fully saturated rings. The fraction of sp³-hybridized carbons (Fsp3) is 0.385. The Hall–Kier alpha value is -2.96. The van der Waals surface area contributed by atoms with Crippen LogP contribution in [0.5, 0.6) is 0 Å². The Bertz CT molecular complexity index is 1050. The fourth-order valence-corrected chi connectivity index (χ4v) is 4.37. The number of hydrogen-bond acceptors (Lipinski definition) is 4. The van der Waals surface area contributed by atoms with Crippen molar-refractivity contribution in [2.24, 2.45) is 0 Å². The number of nitrogens with zero attached hydrogens (tertiary/aromatic N) is 2. The zero-order valence-electron chi connectivity index (χ0n) is 18.7. The molecule has 1 aliphatic rings. The third kappa shape index (κ3) is 5.84. The van der Waals surface area contributed by atoms with Gasteiger partial charge in [-0.2, -0.15) is 0 Å². The van der Waals surface area contributed by atoms with Gasteiger partial charge in [0.15, 0.2) is 0 Å². The van der Waals surface area contributed by atoms with Crippen molar-refractivity contribution >= 4 is 22.6 Å². The number of aryl methyl sites for hydroxylation is 2. The maximum atomic E-state index is 12.4. The van der Waals surface area contributed by atoms with E-state index in [1.54, 1.807) is 0 Å². The molecule has 0 aliphatic carbocycles. The standard InChI is InChI=1S/C26H32N4O2/c1-20-19-24(22-9-5-6-10-23(22)28-20)29-25(31)27-15-18-30-16-13-26(32,14-17-30)12-11-21-7-3-2-4-8-21/h2-10,19,32H,11-18H2,1H3,(H2,27,28,29,31). The first kappa shape index (κ1) is 22.2. The Balaban J connectivity index is 1.20. The lowest BCUT2D eigenvalue weighted by Gasteiger charge is -2.38. The number of rotatable bonds is 7. The number of urea groups is 1. The summed E-state index contributed by atoms with van der Waals surface area (Å²) >= 11 is 0. The molecule has 4 rings (SSSR count). The monoisotopic (exact) mass is 432 g/mol. The second kappa shape index (κ2) is 10.1. The zero-order chi connectivity index (χ0) is 22.4. The third-order valence-electron chi connectivity index (χ3n) is 6.31. The van der Waals surface area contributed by atoms with Crippen LogP contribution in [0.2, 0.25) is 0 Å². The van der Waals surface area contributed by atoms with Gasteiger partial charge in [0.2, 0.25) is 0 Å². The van der Waals surface area contributed by atoms with Gasteiger partial charge in [-0.25, -0.2) is 4.79 Å². The number of nitrogens with one attached hydrogen (secondary N) is 2. The van der Waals surface area contributed by atoms with Crippen LogP contribution in [-0.4, -0.2) is 52.8 Å². The minimum absolute atomic E-state index is 0.211. The molecule has 1 aromatic heterocycles. The molecular weight excluding hydrogens is 400 g/mol. The van der Waals surface area contributed by atoms with E-state index in [4.69, 9.17) is 0 Å². The SMILES string of the molecule is Cc1cc(NC(=O)NCCN2CCC(O)(CCc3ccccc3)CC2)c2ccccc2n1. The van der Waals surface area contributed by atoms with E-state index >= 15 is 0 Å². The zero-order valence-corrected chi connectivity index (χ0v) is 18.7. The van der Waals surface area contributed by atoms with Crippen molar-refractivity contribution in [2.75, 3.05) is 31.5 Å². The first-order chi connectivity index (χ1) is 15.5. The number of aromatic nitrogens is 1. The van der Waals surface area contributed by atoms with E-state index < -0.39 is 5.60 Å². The number of amides is 2. The fourth-order valence-electron chi connectivity index (χ4n) is 4.37. The summed E-state index contributed by atoms with van der Waals surface area (Å²) in [5.41, 5.74) is 3.20. The first-order valence-electron chi connectivity index (χ1n) is 11.4. The van der Waals surface area contributed by atoms with Crippen LogP contribution >= 0.6 is 0 Å². The molecule has 6 nitrogen and oxygen atoms in total. The van der Waals surface area contributed by atoms with Crippen molar-refractivity contribution in [1.29, 1.82) is 0 Å². The normalized spacial score (nSPS) is 16.1. The number of hydrogen-bond donors (Lipinski definition) is 3. The number of anilines is 1. The molecule has 168 valence electrons. The van der Waals surface area contributed by atoms with Crippen molar-refractivity contribution < 1.29 is 9.90 Å². The first-order valence-corrected chi connectivity index (χ1v) is 11.4. The van der Waals surface area contributed by atoms with Gasteiger partial charge in [0.05, 0.1) is 16.8 Å². The Labute approximate surface area is 189 Å². The molecule has 2 aromatic carbocycles. The van der Waals surface area contributed by atoms with E-state index in [0.717, 1.165) is 67.6 Å². The lowest BCUT2D eigenvalue weighted by molar-refractivity contribution is -0.0268. The highest BCUT2D eigenvalue weighted by molar-refractivity contribution is 6.00. The average Bonchev–Trinajstić information content (AvgIpc) is 2.80. The van der Waals surface area contributed by atoms with Gasteiger partial charge in [0.25, 0.3) is 0 Å². The molecule has 2 amide bonds. The van der Waals surface area contributed by atoms with Crippen LogP contribution in [0.15, 0.2) is 60.7 Å². The van der Waals surface area contributed by atoms with Crippen molar-refractivity contribution in [2.45, 2.75) is 38.2 Å². The molecule has 3 N–H and O–H groups in total. The molecule has 0 bridgehead atoms. The van der Waals surface area contributed by atoms with Gasteiger partial charge in [0, 0.05) is 37.3 Å². The number of carbonyl (C=O) groups is 1. The van der Waals surface area contributed by atoms with Crippen LogP contribution in [0.4, 0.5) is 10.5 Å². The van der Waals surface area contributed by atoms with E-state index in [1.165, 1.54) is 5.56 Å². The number of para-hydroxylation sites is 1. The maximum absolute atomic E-state index is 12.4. The summed E-state index contributed by atoms with van der Waals surface area (Å²) in [6, 6.07) is 19.8. The molecule has 1 aliphatic heterocycles. The van der Waals surface area contributed by atoms with Gasteiger partial charge < -0.3 is 20.6 Å². The number of likely N-dealkylation sites (tertiary alicyclic amines) is 1. The van der Waals surface area contributed by atoms with Crippen LogP contribution in [0.25, 0.3) is 10.9 Å². The number of fused-ring (bicyclic) bond motifs is 1. The molecular formula is C26H32N4O2. The van der Waals surface area contributed by atoms with Crippen LogP contribution < -0.4 is 10.6 Å². The summed E-state index contributed by atoms with van der Waals surface area (Å²) in [6.07, 6.45) is 3.25.